The van der Waals surface area contributed by atoms with E-state index in [9.17, 15) is 0 Å². The second-order valence-electron chi connectivity index (χ2n) is 3.98. The molecule has 0 unspecified atom stereocenters. The lowest BCUT2D eigenvalue weighted by Gasteiger charge is -2.10. The summed E-state index contributed by atoms with van der Waals surface area (Å²) in [6.45, 7) is 0.435. The molecule has 0 spiro atoms. The van der Waals surface area contributed by atoms with Crippen LogP contribution in [0.3, 0.4) is 0 Å². The van der Waals surface area contributed by atoms with E-state index in [0.717, 1.165) is 22.7 Å². The van der Waals surface area contributed by atoms with Gasteiger partial charge in [-0.3, -0.25) is 10.7 Å². The first kappa shape index (κ1) is 13.9. The maximum atomic E-state index is 8.41. The van der Waals surface area contributed by atoms with Crippen LogP contribution in [0.25, 0.3) is 0 Å². The van der Waals surface area contributed by atoms with Crippen LogP contribution in [0.5, 0.6) is 11.5 Å². The zero-order valence-electron chi connectivity index (χ0n) is 11.1. The smallest absolute Gasteiger partial charge is 0.125 e. The van der Waals surface area contributed by atoms with Gasteiger partial charge in [0.1, 0.15) is 24.4 Å². The standard InChI is InChI=1S/C15H16N2O3/c1-19-15-5-3-2-4-12(15)10-20-14-8-6-13(7-9-14)16-11-17-18/h2-9,11,18H,10H2,1H3,(H,16,17). The Morgan fingerprint density at radius 1 is 1.15 bits per heavy atom. The van der Waals surface area contributed by atoms with E-state index in [2.05, 4.69) is 4.99 Å². The van der Waals surface area contributed by atoms with Crippen LogP contribution >= 0.6 is 0 Å². The summed E-state index contributed by atoms with van der Waals surface area (Å²) in [5.41, 5.74) is 3.56. The molecule has 0 heterocycles. The molecule has 0 saturated carbocycles. The van der Waals surface area contributed by atoms with Gasteiger partial charge in [0, 0.05) is 5.56 Å². The zero-order valence-corrected chi connectivity index (χ0v) is 11.1. The molecule has 2 aromatic rings. The van der Waals surface area contributed by atoms with Gasteiger partial charge in [0.25, 0.3) is 0 Å². The molecule has 0 aliphatic heterocycles. The molecule has 2 rings (SSSR count). The first-order valence-electron chi connectivity index (χ1n) is 6.10. The largest absolute Gasteiger partial charge is 0.496 e. The molecule has 0 amide bonds. The molecular weight excluding hydrogens is 256 g/mol. The molecule has 0 saturated heterocycles. The van der Waals surface area contributed by atoms with Crippen LogP contribution in [0.15, 0.2) is 53.5 Å². The van der Waals surface area contributed by atoms with Crippen molar-refractivity contribution in [3.8, 4) is 11.5 Å². The SMILES string of the molecule is COc1ccccc1COc1ccc(N=CNO)cc1. The fraction of sp³-hybridized carbons (Fsp3) is 0.133. The van der Waals surface area contributed by atoms with Gasteiger partial charge >= 0.3 is 0 Å². The van der Waals surface area contributed by atoms with Crippen molar-refractivity contribution in [2.75, 3.05) is 7.11 Å². The predicted octanol–water partition coefficient (Wildman–Crippen LogP) is 2.91. The number of hydrogen-bond acceptors (Lipinski definition) is 4. The second-order valence-corrected chi connectivity index (χ2v) is 3.98. The van der Waals surface area contributed by atoms with E-state index in [1.54, 1.807) is 19.2 Å². The number of ether oxygens (including phenoxy) is 2. The van der Waals surface area contributed by atoms with Gasteiger partial charge in [-0.15, -0.1) is 0 Å². The number of aliphatic imine (C=N–C) groups is 1. The molecule has 0 aliphatic rings. The first-order valence-corrected chi connectivity index (χ1v) is 6.10. The molecule has 0 bridgehead atoms. The monoisotopic (exact) mass is 272 g/mol. The summed E-state index contributed by atoms with van der Waals surface area (Å²) < 4.78 is 11.0. The minimum atomic E-state index is 0.435. The van der Waals surface area contributed by atoms with Crippen LogP contribution in [0, 0.1) is 0 Å². The molecular formula is C15H16N2O3. The number of methoxy groups -OCH3 is 1. The fourth-order valence-corrected chi connectivity index (χ4v) is 1.72. The van der Waals surface area contributed by atoms with Gasteiger partial charge in [-0.25, -0.2) is 4.99 Å². The average Bonchev–Trinajstić information content (AvgIpc) is 2.52. The van der Waals surface area contributed by atoms with Gasteiger partial charge in [0.05, 0.1) is 12.8 Å². The minimum absolute atomic E-state index is 0.435. The maximum absolute atomic E-state index is 8.41. The van der Waals surface area contributed by atoms with Crippen LogP contribution in [0.1, 0.15) is 5.56 Å². The van der Waals surface area contributed by atoms with Crippen LogP contribution in [0.4, 0.5) is 5.69 Å². The van der Waals surface area contributed by atoms with Crippen molar-refractivity contribution in [2.45, 2.75) is 6.61 Å². The van der Waals surface area contributed by atoms with Crippen molar-refractivity contribution < 1.29 is 14.7 Å². The van der Waals surface area contributed by atoms with Crippen LogP contribution in [0.2, 0.25) is 0 Å². The average molecular weight is 272 g/mol. The summed E-state index contributed by atoms with van der Waals surface area (Å²) in [5.74, 6) is 1.55. The quantitative estimate of drug-likeness (QED) is 0.482. The Kier molecular flexibility index (Phi) is 4.97. The number of nitrogens with zero attached hydrogens (tertiary/aromatic N) is 1. The molecule has 0 atom stereocenters. The van der Waals surface area contributed by atoms with Gasteiger partial charge in [0.15, 0.2) is 0 Å². The summed E-state index contributed by atoms with van der Waals surface area (Å²) in [7, 11) is 1.64. The highest BCUT2D eigenvalue weighted by atomic mass is 16.5. The van der Waals surface area contributed by atoms with Crippen molar-refractivity contribution in [1.29, 1.82) is 0 Å². The third-order valence-electron chi connectivity index (χ3n) is 2.69. The Bertz CT molecular complexity index is 568. The van der Waals surface area contributed by atoms with Gasteiger partial charge < -0.3 is 9.47 Å². The molecule has 5 nitrogen and oxygen atoms in total. The Balaban J connectivity index is 1.98. The Morgan fingerprint density at radius 3 is 2.60 bits per heavy atom. The molecule has 20 heavy (non-hydrogen) atoms. The molecule has 2 aromatic carbocycles. The first-order chi connectivity index (χ1) is 9.83. The van der Waals surface area contributed by atoms with Gasteiger partial charge in [0.2, 0.25) is 0 Å². The number of benzene rings is 2. The van der Waals surface area contributed by atoms with Crippen LogP contribution in [-0.4, -0.2) is 18.7 Å². The molecule has 0 aliphatic carbocycles. The number of rotatable bonds is 6. The number of para-hydroxylation sites is 1. The van der Waals surface area contributed by atoms with E-state index in [1.807, 2.05) is 41.9 Å². The predicted molar refractivity (Wildman–Crippen MR) is 76.8 cm³/mol. The molecule has 5 heteroatoms. The fourth-order valence-electron chi connectivity index (χ4n) is 1.72. The topological polar surface area (TPSA) is 63.1 Å². The Hall–Kier alpha value is -2.53. The highest BCUT2D eigenvalue weighted by Gasteiger charge is 2.02. The lowest BCUT2D eigenvalue weighted by molar-refractivity contribution is 0.240. The Labute approximate surface area is 117 Å². The summed E-state index contributed by atoms with van der Waals surface area (Å²) in [6, 6.07) is 15.0. The van der Waals surface area contributed by atoms with E-state index >= 15 is 0 Å². The molecule has 0 aromatic heterocycles. The van der Waals surface area contributed by atoms with Crippen LogP contribution in [-0.2, 0) is 6.61 Å². The number of nitrogens with one attached hydrogen (secondary N) is 1. The van der Waals surface area contributed by atoms with Crippen molar-refractivity contribution in [3.63, 3.8) is 0 Å². The molecule has 104 valence electrons. The van der Waals surface area contributed by atoms with E-state index in [0.29, 0.717) is 6.61 Å². The van der Waals surface area contributed by atoms with E-state index in [4.69, 9.17) is 14.7 Å². The van der Waals surface area contributed by atoms with Crippen molar-refractivity contribution in [3.05, 3.63) is 54.1 Å². The van der Waals surface area contributed by atoms with Crippen molar-refractivity contribution >= 4 is 12.0 Å². The van der Waals surface area contributed by atoms with Crippen molar-refractivity contribution in [1.82, 2.24) is 5.48 Å². The summed E-state index contributed by atoms with van der Waals surface area (Å²) in [6.07, 6.45) is 1.20. The number of hydroxylamine groups is 1. The highest BCUT2D eigenvalue weighted by molar-refractivity contribution is 5.59. The summed E-state index contributed by atoms with van der Waals surface area (Å²) >= 11 is 0. The second kappa shape index (κ2) is 7.16. The summed E-state index contributed by atoms with van der Waals surface area (Å²) in [5, 5.41) is 8.41. The van der Waals surface area contributed by atoms with E-state index in [-0.39, 0.29) is 0 Å². The van der Waals surface area contributed by atoms with E-state index < -0.39 is 0 Å². The van der Waals surface area contributed by atoms with Gasteiger partial charge in [-0.05, 0) is 30.3 Å². The van der Waals surface area contributed by atoms with E-state index in [1.165, 1.54) is 6.34 Å². The third kappa shape index (κ3) is 3.73. The highest BCUT2D eigenvalue weighted by Crippen LogP contribution is 2.22. The zero-order chi connectivity index (χ0) is 14.2. The summed E-state index contributed by atoms with van der Waals surface area (Å²) in [4.78, 5) is 3.95. The van der Waals surface area contributed by atoms with Crippen LogP contribution < -0.4 is 15.0 Å². The Morgan fingerprint density at radius 2 is 1.90 bits per heavy atom. The lowest BCUT2D eigenvalue weighted by atomic mass is 10.2. The number of hydrogen-bond donors (Lipinski definition) is 2. The normalized spacial score (nSPS) is 10.5. The molecule has 0 radical (unpaired) electrons. The maximum Gasteiger partial charge on any atom is 0.125 e. The molecule has 2 N–H and O–H groups in total. The lowest BCUT2D eigenvalue weighted by Crippen LogP contribution is -2.00. The third-order valence-corrected chi connectivity index (χ3v) is 2.69. The van der Waals surface area contributed by atoms with Crippen molar-refractivity contribution in [2.24, 2.45) is 4.99 Å². The molecule has 0 fully saturated rings. The van der Waals surface area contributed by atoms with Gasteiger partial charge in [-0.2, -0.15) is 0 Å². The van der Waals surface area contributed by atoms with Gasteiger partial charge in [-0.1, -0.05) is 18.2 Å². The minimum Gasteiger partial charge on any atom is -0.496 e.